The Balaban J connectivity index is 5.36. The predicted molar refractivity (Wildman–Crippen MR) is 108 cm³/mol. The lowest BCUT2D eigenvalue weighted by molar-refractivity contribution is -0.142. The molecule has 0 heterocycles. The standard InChI is InChI=1S/C17H32N4O7S/c1-7(2)5-10(14(24)20-11(6-29)17(27)28)19-16(26)13(9(4)23)21-15(25)12(18)8(3)22/h7-13,22-23,29H,5-6,18H2,1-4H3,(H,19,26)(H,20,24)(H,21,25)(H,27,28). The fourth-order valence-corrected chi connectivity index (χ4v) is 2.54. The summed E-state index contributed by atoms with van der Waals surface area (Å²) in [6.45, 7) is 6.16. The van der Waals surface area contributed by atoms with Gasteiger partial charge >= 0.3 is 5.97 Å². The monoisotopic (exact) mass is 436 g/mol. The molecule has 0 fully saturated rings. The number of carbonyl (C=O) groups is 4. The van der Waals surface area contributed by atoms with E-state index in [2.05, 4.69) is 28.6 Å². The Morgan fingerprint density at radius 2 is 1.38 bits per heavy atom. The third-order valence-corrected chi connectivity index (χ3v) is 4.39. The molecule has 0 spiro atoms. The molecular formula is C17H32N4O7S. The number of carbonyl (C=O) groups excluding carboxylic acids is 3. The van der Waals surface area contributed by atoms with E-state index in [1.54, 1.807) is 13.8 Å². The number of nitrogens with one attached hydrogen (secondary N) is 3. The fourth-order valence-electron chi connectivity index (χ4n) is 2.30. The highest BCUT2D eigenvalue weighted by molar-refractivity contribution is 7.80. The summed E-state index contributed by atoms with van der Waals surface area (Å²) in [7, 11) is 0. The van der Waals surface area contributed by atoms with E-state index >= 15 is 0 Å². The second-order valence-electron chi connectivity index (χ2n) is 7.27. The zero-order chi connectivity index (χ0) is 22.9. The first kappa shape index (κ1) is 27.1. The first-order chi connectivity index (χ1) is 13.3. The van der Waals surface area contributed by atoms with Gasteiger partial charge in [0.2, 0.25) is 17.7 Å². The second kappa shape index (κ2) is 12.6. The maximum Gasteiger partial charge on any atom is 0.327 e. The van der Waals surface area contributed by atoms with Crippen molar-refractivity contribution in [1.82, 2.24) is 16.0 Å². The number of aliphatic hydroxyl groups excluding tert-OH is 2. The van der Waals surface area contributed by atoms with Crippen LogP contribution in [0.15, 0.2) is 0 Å². The number of aliphatic hydroxyl groups is 2. The van der Waals surface area contributed by atoms with Crippen molar-refractivity contribution < 1.29 is 34.5 Å². The van der Waals surface area contributed by atoms with Gasteiger partial charge in [-0.25, -0.2) is 4.79 Å². The van der Waals surface area contributed by atoms with E-state index in [9.17, 15) is 29.4 Å². The minimum atomic E-state index is -1.44. The van der Waals surface area contributed by atoms with Gasteiger partial charge < -0.3 is 37.0 Å². The average molecular weight is 437 g/mol. The normalized spacial score (nSPS) is 17.4. The Bertz CT molecular complexity index is 586. The number of amides is 3. The molecular weight excluding hydrogens is 404 g/mol. The third-order valence-electron chi connectivity index (χ3n) is 4.02. The van der Waals surface area contributed by atoms with E-state index in [1.807, 2.05) is 0 Å². The molecule has 12 heteroatoms. The summed E-state index contributed by atoms with van der Waals surface area (Å²) in [5.74, 6) is -3.90. The van der Waals surface area contributed by atoms with Gasteiger partial charge in [0.15, 0.2) is 0 Å². The van der Waals surface area contributed by atoms with Crippen LogP contribution in [0.5, 0.6) is 0 Å². The van der Waals surface area contributed by atoms with Crippen LogP contribution in [-0.2, 0) is 19.2 Å². The summed E-state index contributed by atoms with van der Waals surface area (Å²) in [4.78, 5) is 48.2. The first-order valence-electron chi connectivity index (χ1n) is 9.18. The number of aliphatic carboxylic acids is 1. The lowest BCUT2D eigenvalue weighted by Crippen LogP contribution is -2.60. The molecule has 0 bridgehead atoms. The summed E-state index contributed by atoms with van der Waals surface area (Å²) in [5, 5.41) is 35.3. The van der Waals surface area contributed by atoms with Gasteiger partial charge in [-0.1, -0.05) is 13.8 Å². The van der Waals surface area contributed by atoms with E-state index in [1.165, 1.54) is 13.8 Å². The van der Waals surface area contributed by atoms with Crippen LogP contribution in [0.3, 0.4) is 0 Å². The number of carboxylic acids is 1. The Morgan fingerprint density at radius 1 is 0.862 bits per heavy atom. The van der Waals surface area contributed by atoms with Gasteiger partial charge in [-0.05, 0) is 26.2 Å². The fraction of sp³-hybridized carbons (Fsp3) is 0.765. The number of thiol groups is 1. The zero-order valence-electron chi connectivity index (χ0n) is 17.0. The second-order valence-corrected chi connectivity index (χ2v) is 7.63. The summed E-state index contributed by atoms with van der Waals surface area (Å²) in [6.07, 6.45) is -2.32. The van der Waals surface area contributed by atoms with Crippen molar-refractivity contribution in [2.24, 2.45) is 11.7 Å². The van der Waals surface area contributed by atoms with E-state index in [-0.39, 0.29) is 18.1 Å². The van der Waals surface area contributed by atoms with Crippen LogP contribution in [0.1, 0.15) is 34.1 Å². The molecule has 0 aliphatic heterocycles. The highest BCUT2D eigenvalue weighted by atomic mass is 32.1. The van der Waals surface area contributed by atoms with E-state index in [0.29, 0.717) is 0 Å². The first-order valence-corrected chi connectivity index (χ1v) is 9.81. The SMILES string of the molecule is CC(C)CC(NC(=O)C(NC(=O)C(N)C(C)O)C(C)O)C(=O)NC(CS)C(=O)O. The molecule has 0 aromatic heterocycles. The lowest BCUT2D eigenvalue weighted by atomic mass is 10.0. The minimum absolute atomic E-state index is 0.0337. The van der Waals surface area contributed by atoms with Crippen LogP contribution < -0.4 is 21.7 Å². The quantitative estimate of drug-likeness (QED) is 0.155. The van der Waals surface area contributed by atoms with Gasteiger partial charge in [0.25, 0.3) is 0 Å². The van der Waals surface area contributed by atoms with Crippen molar-refractivity contribution in [2.75, 3.05) is 5.75 Å². The van der Waals surface area contributed by atoms with Gasteiger partial charge in [-0.15, -0.1) is 0 Å². The highest BCUT2D eigenvalue weighted by Gasteiger charge is 2.33. The zero-order valence-corrected chi connectivity index (χ0v) is 17.8. The number of hydrogen-bond donors (Lipinski definition) is 8. The summed E-state index contributed by atoms with van der Waals surface area (Å²) < 4.78 is 0. The van der Waals surface area contributed by atoms with Crippen molar-refractivity contribution in [3.63, 3.8) is 0 Å². The van der Waals surface area contributed by atoms with Crippen LogP contribution in [0.25, 0.3) is 0 Å². The minimum Gasteiger partial charge on any atom is -0.480 e. The topological polar surface area (TPSA) is 191 Å². The molecule has 0 aromatic carbocycles. The summed E-state index contributed by atoms with van der Waals surface area (Å²) in [6, 6.07) is -5.10. The van der Waals surface area contributed by atoms with Crippen LogP contribution >= 0.6 is 12.6 Å². The number of hydrogen-bond acceptors (Lipinski definition) is 8. The summed E-state index contributed by atoms with van der Waals surface area (Å²) in [5.41, 5.74) is 5.52. The Labute approximate surface area is 175 Å². The van der Waals surface area contributed by atoms with E-state index in [4.69, 9.17) is 10.8 Å². The Hall–Kier alpha value is -1.89. The Kier molecular flexibility index (Phi) is 11.8. The van der Waals surface area contributed by atoms with Gasteiger partial charge in [0.1, 0.15) is 24.2 Å². The maximum absolute atomic E-state index is 12.6. The molecule has 11 nitrogen and oxygen atoms in total. The van der Waals surface area contributed by atoms with Crippen LogP contribution in [0.2, 0.25) is 0 Å². The molecule has 0 saturated carbocycles. The van der Waals surface area contributed by atoms with Crippen molar-refractivity contribution in [1.29, 1.82) is 0 Å². The van der Waals surface area contributed by atoms with Crippen molar-refractivity contribution in [3.05, 3.63) is 0 Å². The van der Waals surface area contributed by atoms with Crippen molar-refractivity contribution in [2.45, 2.75) is 70.5 Å². The van der Waals surface area contributed by atoms with Crippen LogP contribution in [-0.4, -0.2) is 81.1 Å². The van der Waals surface area contributed by atoms with Gasteiger partial charge in [0, 0.05) is 5.75 Å². The largest absolute Gasteiger partial charge is 0.480 e. The van der Waals surface area contributed by atoms with E-state index < -0.39 is 60.1 Å². The molecule has 0 aliphatic carbocycles. The van der Waals surface area contributed by atoms with Crippen LogP contribution in [0, 0.1) is 5.92 Å². The number of nitrogens with two attached hydrogens (primary N) is 1. The molecule has 29 heavy (non-hydrogen) atoms. The molecule has 0 rings (SSSR count). The maximum atomic E-state index is 12.6. The molecule has 168 valence electrons. The molecule has 0 radical (unpaired) electrons. The number of carboxylic acid groups (broad SMARTS) is 1. The highest BCUT2D eigenvalue weighted by Crippen LogP contribution is 2.07. The predicted octanol–water partition coefficient (Wildman–Crippen LogP) is -2.41. The molecule has 0 aromatic rings. The van der Waals surface area contributed by atoms with Gasteiger partial charge in [0.05, 0.1) is 12.2 Å². The van der Waals surface area contributed by atoms with Crippen LogP contribution in [0.4, 0.5) is 0 Å². The average Bonchev–Trinajstić information content (AvgIpc) is 2.61. The molecule has 0 aliphatic rings. The molecule has 0 saturated heterocycles. The third kappa shape index (κ3) is 9.43. The molecule has 6 atom stereocenters. The smallest absolute Gasteiger partial charge is 0.327 e. The molecule has 6 unspecified atom stereocenters. The number of rotatable bonds is 12. The molecule has 8 N–H and O–H groups in total. The van der Waals surface area contributed by atoms with Crippen molar-refractivity contribution >= 4 is 36.3 Å². The van der Waals surface area contributed by atoms with Crippen molar-refractivity contribution in [3.8, 4) is 0 Å². The van der Waals surface area contributed by atoms with Gasteiger partial charge in [-0.3, -0.25) is 14.4 Å². The van der Waals surface area contributed by atoms with Gasteiger partial charge in [-0.2, -0.15) is 12.6 Å². The summed E-state index contributed by atoms with van der Waals surface area (Å²) >= 11 is 3.87. The molecule has 3 amide bonds. The Morgan fingerprint density at radius 3 is 1.76 bits per heavy atom. The van der Waals surface area contributed by atoms with E-state index in [0.717, 1.165) is 0 Å². The lowest BCUT2D eigenvalue weighted by Gasteiger charge is -2.27.